The maximum absolute atomic E-state index is 12.9. The van der Waals surface area contributed by atoms with Crippen molar-refractivity contribution in [3.05, 3.63) is 29.8 Å². The van der Waals surface area contributed by atoms with Crippen molar-refractivity contribution in [3.63, 3.8) is 0 Å². The fourth-order valence-corrected chi connectivity index (χ4v) is 2.51. The van der Waals surface area contributed by atoms with E-state index in [9.17, 15) is 19.5 Å². The predicted molar refractivity (Wildman–Crippen MR) is 108 cm³/mol. The van der Waals surface area contributed by atoms with Crippen LogP contribution in [0.3, 0.4) is 0 Å². The second-order valence-electron chi connectivity index (χ2n) is 8.05. The van der Waals surface area contributed by atoms with Crippen LogP contribution in [0.4, 0.5) is 4.79 Å². The normalized spacial score (nSPS) is 13.3. The number of carbonyl (C=O) groups is 3. The summed E-state index contributed by atoms with van der Waals surface area (Å²) in [4.78, 5) is 37.3. The molecule has 0 saturated carbocycles. The minimum atomic E-state index is -0.981. The Morgan fingerprint density at radius 2 is 1.66 bits per heavy atom. The van der Waals surface area contributed by atoms with Crippen LogP contribution in [-0.2, 0) is 25.5 Å². The number of esters is 1. The molecule has 0 fully saturated rings. The monoisotopic (exact) mass is 408 g/mol. The second kappa shape index (κ2) is 10.7. The number of ether oxygens (including phenoxy) is 2. The van der Waals surface area contributed by atoms with Crippen molar-refractivity contribution in [2.75, 3.05) is 6.61 Å². The minimum absolute atomic E-state index is 0.0945. The first-order valence-corrected chi connectivity index (χ1v) is 9.67. The highest BCUT2D eigenvalue weighted by atomic mass is 16.6. The van der Waals surface area contributed by atoms with Crippen molar-refractivity contribution in [2.24, 2.45) is 5.92 Å². The molecule has 2 amide bonds. The number of rotatable bonds is 8. The Hall–Kier alpha value is -2.77. The van der Waals surface area contributed by atoms with E-state index in [1.165, 1.54) is 12.1 Å². The number of amides is 2. The average molecular weight is 408 g/mol. The van der Waals surface area contributed by atoms with Gasteiger partial charge in [-0.2, -0.15) is 0 Å². The van der Waals surface area contributed by atoms with Crippen LogP contribution < -0.4 is 10.6 Å². The van der Waals surface area contributed by atoms with E-state index in [4.69, 9.17) is 9.47 Å². The van der Waals surface area contributed by atoms with Gasteiger partial charge in [0, 0.05) is 6.42 Å². The van der Waals surface area contributed by atoms with Gasteiger partial charge in [0.05, 0.1) is 6.61 Å². The molecule has 0 aromatic heterocycles. The van der Waals surface area contributed by atoms with Crippen molar-refractivity contribution in [1.29, 1.82) is 0 Å². The van der Waals surface area contributed by atoms with Gasteiger partial charge >= 0.3 is 12.1 Å². The van der Waals surface area contributed by atoms with E-state index in [2.05, 4.69) is 10.6 Å². The van der Waals surface area contributed by atoms with Gasteiger partial charge in [-0.3, -0.25) is 4.79 Å². The first-order valence-electron chi connectivity index (χ1n) is 9.67. The van der Waals surface area contributed by atoms with Gasteiger partial charge in [-0.25, -0.2) is 9.59 Å². The summed E-state index contributed by atoms with van der Waals surface area (Å²) < 4.78 is 10.3. The Kier molecular flexibility index (Phi) is 8.94. The summed E-state index contributed by atoms with van der Waals surface area (Å²) in [6.07, 6.45) is -0.590. The van der Waals surface area contributed by atoms with Gasteiger partial charge in [0.2, 0.25) is 5.91 Å². The van der Waals surface area contributed by atoms with Crippen LogP contribution in [0.2, 0.25) is 0 Å². The standard InChI is InChI=1S/C21H32N2O6/c1-7-28-19(26)17(13(2)3)23-18(25)16(22-20(27)29-21(4,5)6)12-14-8-10-15(24)11-9-14/h8-11,13,16-17,24H,7,12H2,1-6H3,(H,22,27)(H,23,25)/t16-,17-/m0/s1. The second-order valence-corrected chi connectivity index (χ2v) is 8.05. The molecule has 0 saturated heterocycles. The third-order valence-corrected chi connectivity index (χ3v) is 3.89. The molecule has 29 heavy (non-hydrogen) atoms. The maximum atomic E-state index is 12.9. The first-order chi connectivity index (χ1) is 13.4. The van der Waals surface area contributed by atoms with Crippen LogP contribution in [0, 0.1) is 5.92 Å². The number of alkyl carbamates (subject to hydrolysis) is 1. The van der Waals surface area contributed by atoms with E-state index in [0.29, 0.717) is 0 Å². The highest BCUT2D eigenvalue weighted by Crippen LogP contribution is 2.13. The van der Waals surface area contributed by atoms with Crippen molar-refractivity contribution in [3.8, 4) is 5.75 Å². The van der Waals surface area contributed by atoms with Gasteiger partial charge in [-0.15, -0.1) is 0 Å². The lowest BCUT2D eigenvalue weighted by Crippen LogP contribution is -2.54. The largest absolute Gasteiger partial charge is 0.508 e. The first kappa shape index (κ1) is 24.3. The average Bonchev–Trinajstić information content (AvgIpc) is 2.59. The Bertz CT molecular complexity index is 694. The summed E-state index contributed by atoms with van der Waals surface area (Å²) in [7, 11) is 0. The third kappa shape index (κ3) is 8.85. The predicted octanol–water partition coefficient (Wildman–Crippen LogP) is 2.53. The fourth-order valence-electron chi connectivity index (χ4n) is 2.51. The fraction of sp³-hybridized carbons (Fsp3) is 0.571. The van der Waals surface area contributed by atoms with Crippen LogP contribution in [-0.4, -0.2) is 47.4 Å². The SMILES string of the molecule is CCOC(=O)[C@@H](NC(=O)[C@H](Cc1ccc(O)cc1)NC(=O)OC(C)(C)C)C(C)C. The molecule has 8 nitrogen and oxygen atoms in total. The lowest BCUT2D eigenvalue weighted by atomic mass is 10.0. The zero-order valence-corrected chi connectivity index (χ0v) is 17.9. The zero-order chi connectivity index (χ0) is 22.2. The van der Waals surface area contributed by atoms with Gasteiger partial charge in [0.1, 0.15) is 23.4 Å². The molecule has 2 atom stereocenters. The molecule has 8 heteroatoms. The molecule has 0 aliphatic rings. The molecule has 1 rings (SSSR count). The summed E-state index contributed by atoms with van der Waals surface area (Å²) in [5.74, 6) is -1.17. The summed E-state index contributed by atoms with van der Waals surface area (Å²) in [6, 6.07) is 4.46. The van der Waals surface area contributed by atoms with Gasteiger partial charge in [-0.1, -0.05) is 26.0 Å². The van der Waals surface area contributed by atoms with Crippen LogP contribution in [0.5, 0.6) is 5.75 Å². The molecular weight excluding hydrogens is 376 g/mol. The number of nitrogens with one attached hydrogen (secondary N) is 2. The highest BCUT2D eigenvalue weighted by Gasteiger charge is 2.30. The van der Waals surface area contributed by atoms with Crippen LogP contribution >= 0.6 is 0 Å². The van der Waals surface area contributed by atoms with Crippen LogP contribution in [0.1, 0.15) is 47.1 Å². The lowest BCUT2D eigenvalue weighted by Gasteiger charge is -2.26. The molecule has 0 aliphatic carbocycles. The van der Waals surface area contributed by atoms with Gasteiger partial charge < -0.3 is 25.2 Å². The molecule has 0 unspecified atom stereocenters. The topological polar surface area (TPSA) is 114 Å². The van der Waals surface area contributed by atoms with Gasteiger partial charge in [-0.05, 0) is 51.3 Å². The molecule has 1 aromatic carbocycles. The van der Waals surface area contributed by atoms with Crippen molar-refractivity contribution in [1.82, 2.24) is 10.6 Å². The van der Waals surface area contributed by atoms with Crippen molar-refractivity contribution in [2.45, 2.75) is 65.6 Å². The molecule has 0 aliphatic heterocycles. The van der Waals surface area contributed by atoms with E-state index in [1.54, 1.807) is 53.7 Å². The highest BCUT2D eigenvalue weighted by molar-refractivity contribution is 5.90. The summed E-state index contributed by atoms with van der Waals surface area (Å²) in [5.41, 5.74) is -0.00840. The molecule has 0 spiro atoms. The Morgan fingerprint density at radius 3 is 2.14 bits per heavy atom. The number of phenols is 1. The smallest absolute Gasteiger partial charge is 0.408 e. The minimum Gasteiger partial charge on any atom is -0.508 e. The number of hydrogen-bond acceptors (Lipinski definition) is 6. The van der Waals surface area contributed by atoms with E-state index in [-0.39, 0.29) is 24.7 Å². The van der Waals surface area contributed by atoms with Gasteiger partial charge in [0.15, 0.2) is 0 Å². The molecule has 0 heterocycles. The quantitative estimate of drug-likeness (QED) is 0.570. The van der Waals surface area contributed by atoms with E-state index in [1.807, 2.05) is 0 Å². The maximum Gasteiger partial charge on any atom is 0.408 e. The number of benzene rings is 1. The van der Waals surface area contributed by atoms with E-state index in [0.717, 1.165) is 5.56 Å². The number of hydrogen-bond donors (Lipinski definition) is 3. The number of aromatic hydroxyl groups is 1. The number of phenolic OH excluding ortho intramolecular Hbond substituents is 1. The van der Waals surface area contributed by atoms with E-state index < -0.39 is 35.7 Å². The molecule has 162 valence electrons. The summed E-state index contributed by atoms with van der Waals surface area (Å²) >= 11 is 0. The van der Waals surface area contributed by atoms with E-state index >= 15 is 0 Å². The Balaban J connectivity index is 3.00. The Labute approximate surface area is 172 Å². The summed E-state index contributed by atoms with van der Waals surface area (Å²) in [6.45, 7) is 10.6. The van der Waals surface area contributed by atoms with Gasteiger partial charge in [0.25, 0.3) is 0 Å². The Morgan fingerprint density at radius 1 is 1.07 bits per heavy atom. The molecule has 1 aromatic rings. The molecule has 0 bridgehead atoms. The van der Waals surface area contributed by atoms with Crippen molar-refractivity contribution < 1.29 is 29.0 Å². The molecule has 3 N–H and O–H groups in total. The third-order valence-electron chi connectivity index (χ3n) is 3.89. The molecule has 0 radical (unpaired) electrons. The number of carbonyl (C=O) groups excluding carboxylic acids is 3. The summed E-state index contributed by atoms with van der Waals surface area (Å²) in [5, 5.41) is 14.7. The van der Waals surface area contributed by atoms with Crippen LogP contribution in [0.25, 0.3) is 0 Å². The zero-order valence-electron chi connectivity index (χ0n) is 17.9. The lowest BCUT2D eigenvalue weighted by molar-refractivity contribution is -0.148. The van der Waals surface area contributed by atoms with Crippen molar-refractivity contribution >= 4 is 18.0 Å². The molecular formula is C21H32N2O6. The van der Waals surface area contributed by atoms with Crippen LogP contribution in [0.15, 0.2) is 24.3 Å².